The van der Waals surface area contributed by atoms with Crippen LogP contribution < -0.4 is 85.2 Å². The number of terminal acetylenes is 1. The highest BCUT2D eigenvalue weighted by Gasteiger charge is 2.35. The van der Waals surface area contributed by atoms with Gasteiger partial charge in [-0.1, -0.05) is 131 Å². The van der Waals surface area contributed by atoms with Crippen LogP contribution in [-0.4, -0.2) is 189 Å². The highest BCUT2D eigenvalue weighted by Crippen LogP contribution is 2.52. The molecule has 16 rings (SSSR count). The minimum Gasteiger partial charge on any atom is -0.495 e. The summed E-state index contributed by atoms with van der Waals surface area (Å²) >= 11 is 52.4. The fraction of sp³-hybridized carbons (Fsp3) is 0.306. The molecule has 0 spiro atoms. The molecule has 138 heavy (non-hydrogen) atoms. The Hall–Kier alpha value is -12.9. The largest absolute Gasteiger partial charge is 0.495 e. The SMILES string of the molecule is C#CC(=O)N[C@H]1CCC[C@H]1Nc1ncc2cc(-c3c(Cl)c(OC)cc(OC)c3Cl)cc(OC)c2n1.C=CC(=O)N[C@H]1CCC[C@H]1Nc1ncc2cc(-c3c(Cl)c(OC)cc(OC)c3Cl)cc(F)c2n1.C=CC(=O)N[C@H]1COC[C@H]1Nc1ncc2cc(-c3c(Cl)c(OC)cc(OC)c3Cl)cc(F)c2n1.CC#CC(=O)N[C@H]1CCCC[C@H]1Nc1ncc2cc(-c3c(Cl)c(OC)cc(OC)c3Cl)ccc2n1. The van der Waals surface area contributed by atoms with E-state index in [0.29, 0.717) is 152 Å². The minimum absolute atomic E-state index is 0.0221. The predicted molar refractivity (Wildman–Crippen MR) is 536 cm³/mol. The summed E-state index contributed by atoms with van der Waals surface area (Å²) in [5.41, 5.74) is 5.87. The van der Waals surface area contributed by atoms with Gasteiger partial charge in [0.2, 0.25) is 35.6 Å². The van der Waals surface area contributed by atoms with Crippen molar-refractivity contribution in [2.24, 2.45) is 0 Å². The van der Waals surface area contributed by atoms with Crippen molar-refractivity contribution < 1.29 is 75.3 Å². The summed E-state index contributed by atoms with van der Waals surface area (Å²) in [5, 5.41) is 29.5. The van der Waals surface area contributed by atoms with Gasteiger partial charge in [0, 0.05) is 129 Å². The maximum Gasteiger partial charge on any atom is 0.296 e. The Labute approximate surface area is 833 Å². The number of amides is 4. The van der Waals surface area contributed by atoms with E-state index >= 15 is 8.78 Å². The van der Waals surface area contributed by atoms with Crippen LogP contribution in [0.1, 0.15) is 71.1 Å². The maximum atomic E-state index is 15.2. The molecule has 5 heterocycles. The van der Waals surface area contributed by atoms with Crippen LogP contribution in [0.5, 0.6) is 51.7 Å². The molecule has 3 saturated carbocycles. The van der Waals surface area contributed by atoms with Gasteiger partial charge in [-0.3, -0.25) is 19.2 Å². The van der Waals surface area contributed by atoms with Crippen molar-refractivity contribution in [3.05, 3.63) is 181 Å². The summed E-state index contributed by atoms with van der Waals surface area (Å²) < 4.78 is 84.3. The lowest BCUT2D eigenvalue weighted by molar-refractivity contribution is -0.118. The molecular weight excluding hydrogens is 1950 g/mol. The molecule has 12 aromatic rings. The van der Waals surface area contributed by atoms with Crippen LogP contribution in [0.15, 0.2) is 129 Å². The van der Waals surface area contributed by atoms with E-state index in [1.54, 1.807) is 83.1 Å². The molecule has 8 aromatic carbocycles. The maximum absolute atomic E-state index is 15.2. The summed E-state index contributed by atoms with van der Waals surface area (Å²) in [6, 6.07) is 21.0. The Balaban J connectivity index is 0.000000155. The van der Waals surface area contributed by atoms with Crippen LogP contribution in [0.2, 0.25) is 40.2 Å². The molecule has 8 N–H and O–H groups in total. The number of rotatable bonds is 27. The van der Waals surface area contributed by atoms with Crippen molar-refractivity contribution in [1.82, 2.24) is 61.1 Å². The summed E-state index contributed by atoms with van der Waals surface area (Å²) in [5.74, 6) is 10.0. The minimum atomic E-state index is -0.592. The smallest absolute Gasteiger partial charge is 0.296 e. The molecule has 1 aliphatic heterocycles. The molecule has 30 nitrogen and oxygen atoms in total. The number of nitrogens with one attached hydrogen (secondary N) is 8. The molecule has 3 aliphatic carbocycles. The quantitative estimate of drug-likeness (QED) is 0.0175. The molecule has 0 bridgehead atoms. The molecule has 4 aromatic heterocycles. The molecule has 720 valence electrons. The average molecular weight is 2040 g/mol. The summed E-state index contributed by atoms with van der Waals surface area (Å²) in [6.45, 7) is 9.24. The van der Waals surface area contributed by atoms with Gasteiger partial charge in [0.05, 0.1) is 135 Å². The van der Waals surface area contributed by atoms with Gasteiger partial charge >= 0.3 is 0 Å². The van der Waals surface area contributed by atoms with E-state index in [0.717, 1.165) is 86.1 Å². The zero-order chi connectivity index (χ0) is 98.9. The van der Waals surface area contributed by atoms with Gasteiger partial charge in [-0.15, -0.1) is 6.42 Å². The van der Waals surface area contributed by atoms with Crippen molar-refractivity contribution in [2.75, 3.05) is 98.5 Å². The van der Waals surface area contributed by atoms with Crippen LogP contribution in [0, 0.1) is 35.8 Å². The van der Waals surface area contributed by atoms with Gasteiger partial charge in [0.1, 0.15) is 79.9 Å². The second-order valence-electron chi connectivity index (χ2n) is 31.6. The third-order valence-electron chi connectivity index (χ3n) is 23.3. The molecule has 0 radical (unpaired) electrons. The molecule has 0 unspecified atom stereocenters. The number of hydrogen-bond donors (Lipinski definition) is 8. The van der Waals surface area contributed by atoms with Gasteiger partial charge in [-0.2, -0.15) is 0 Å². The Morgan fingerprint density at radius 1 is 0.377 bits per heavy atom. The number of aromatic nitrogens is 8. The number of nitrogens with zero attached hydrogens (tertiary/aromatic N) is 8. The lowest BCUT2D eigenvalue weighted by Gasteiger charge is -2.32. The lowest BCUT2D eigenvalue weighted by Crippen LogP contribution is -2.48. The summed E-state index contributed by atoms with van der Waals surface area (Å²) in [4.78, 5) is 82.7. The highest BCUT2D eigenvalue weighted by molar-refractivity contribution is 6.43. The van der Waals surface area contributed by atoms with Crippen molar-refractivity contribution in [3.63, 3.8) is 0 Å². The predicted octanol–water partition coefficient (Wildman–Crippen LogP) is 19.8. The molecule has 4 aliphatic rings. The van der Waals surface area contributed by atoms with Crippen LogP contribution in [0.25, 0.3) is 88.1 Å². The van der Waals surface area contributed by atoms with Gasteiger partial charge in [0.15, 0.2) is 0 Å². The molecule has 4 amide bonds. The lowest BCUT2D eigenvalue weighted by atomic mass is 9.90. The Morgan fingerprint density at radius 3 is 1.08 bits per heavy atom. The number of carbonyl (C=O) groups excluding carboxylic acids is 4. The number of hydrogen-bond acceptors (Lipinski definition) is 26. The number of benzene rings is 8. The fourth-order valence-corrected chi connectivity index (χ4v) is 19.4. The van der Waals surface area contributed by atoms with E-state index < -0.39 is 17.5 Å². The van der Waals surface area contributed by atoms with Gasteiger partial charge in [-0.05, 0) is 153 Å². The van der Waals surface area contributed by atoms with E-state index in [4.69, 9.17) is 147 Å². The number of fused-ring (bicyclic) bond motifs is 4. The van der Waals surface area contributed by atoms with E-state index in [1.807, 2.05) is 24.3 Å². The topological polar surface area (TPSA) is 360 Å². The highest BCUT2D eigenvalue weighted by atomic mass is 35.5. The Morgan fingerprint density at radius 2 is 0.688 bits per heavy atom. The van der Waals surface area contributed by atoms with Crippen molar-refractivity contribution in [3.8, 4) is 120 Å². The Kier molecular flexibility index (Phi) is 34.9. The van der Waals surface area contributed by atoms with E-state index in [9.17, 15) is 19.2 Å². The van der Waals surface area contributed by atoms with Crippen LogP contribution in [0.3, 0.4) is 0 Å². The monoisotopic (exact) mass is 2040 g/mol. The zero-order valence-corrected chi connectivity index (χ0v) is 82.2. The number of methoxy groups -OCH3 is 9. The number of carbonyl (C=O) groups is 4. The standard InChI is InChI=1S/C26H26Cl2N4O3.C25H24Cl2N4O4.C24H23Cl2FN4O3.C23H21Cl2FN4O4/c1-4-7-22(33)30-18-8-5-6-9-19(18)32-26-29-14-16-12-15(10-11-17(16)31-26)23-24(27)20(34-2)13-21(35-3)25(23)28;1-5-20(32)29-15-7-6-8-16(15)30-25-28-12-14-9-13(10-19(35-4)24(14)31-25)21-22(26)17(33-2)11-18(34-3)23(21)27;1-4-19(32)29-15-6-5-7-16(15)30-24-28-11-13-8-12(9-14(27)23(13)31-24)20-21(25)17(33-2)10-18(34-3)22(20)26;1-4-18(31)28-14-9-34-10-15(14)29-23-27-8-12-5-11(6-13(26)22(12)30-23)19-20(24)16(32-2)7-17(33-3)21(19)25/h10-14,18-19H,5-6,8-9H2,1-3H3,(H,30,33)(H,29,31,32);1,9-12,15-16H,6-8H2,2-4H3,(H,29,32)(H,28,30,31);4,8-11,15-16H,1,5-7H2,2-3H3,(H,29,32)(H,28,30,31);4-8,14-15H,1,9-10H2,2-3H3,(H,28,31)(H,27,29,30)/t18-,19+;2*15-,16+;14-,15+/m0000/s1. The van der Waals surface area contributed by atoms with E-state index in [2.05, 4.69) is 113 Å². The van der Waals surface area contributed by atoms with Crippen molar-refractivity contribution in [1.29, 1.82) is 0 Å². The van der Waals surface area contributed by atoms with E-state index in [1.165, 1.54) is 79.3 Å². The summed E-state index contributed by atoms with van der Waals surface area (Å²) in [7, 11) is 13.6. The first-order chi connectivity index (χ1) is 66.5. The molecule has 1 saturated heterocycles. The third kappa shape index (κ3) is 23.4. The molecule has 8 atom stereocenters. The van der Waals surface area contributed by atoms with Crippen LogP contribution in [-0.2, 0) is 23.9 Å². The second-order valence-corrected chi connectivity index (χ2v) is 34.6. The molecule has 40 heteroatoms. The van der Waals surface area contributed by atoms with Crippen LogP contribution in [0.4, 0.5) is 32.6 Å². The average Bonchev–Trinajstić information content (AvgIpc) is 1.27. The first-order valence-electron chi connectivity index (χ1n) is 43.0. The van der Waals surface area contributed by atoms with Crippen molar-refractivity contribution >= 4 is 184 Å². The number of anilines is 4. The normalized spacial score (nSPS) is 17.3. The first kappa shape index (κ1) is 103. The Bertz CT molecular complexity index is 6470. The first-order valence-corrected chi connectivity index (χ1v) is 46.0. The van der Waals surface area contributed by atoms with E-state index in [-0.39, 0.29) is 109 Å². The van der Waals surface area contributed by atoms with Gasteiger partial charge < -0.3 is 89.9 Å². The number of ether oxygens (including phenoxy) is 10. The van der Waals surface area contributed by atoms with Crippen molar-refractivity contribution in [2.45, 2.75) is 119 Å². The molecular formula is C98H94Cl8F2N16O14. The van der Waals surface area contributed by atoms with Gasteiger partial charge in [-0.25, -0.2) is 48.7 Å². The van der Waals surface area contributed by atoms with Gasteiger partial charge in [0.25, 0.3) is 11.8 Å². The molecule has 4 fully saturated rings. The third-order valence-corrected chi connectivity index (χ3v) is 26.3. The fourth-order valence-electron chi connectivity index (χ4n) is 16.5. The summed E-state index contributed by atoms with van der Waals surface area (Å²) in [6.07, 6.45) is 23.3. The second kappa shape index (κ2) is 47.0. The zero-order valence-electron chi connectivity index (χ0n) is 76.1. The van der Waals surface area contributed by atoms with Crippen LogP contribution >= 0.6 is 92.8 Å². The number of halogens is 10.